The summed E-state index contributed by atoms with van der Waals surface area (Å²) in [7, 11) is 0. The molecule has 0 saturated heterocycles. The van der Waals surface area contributed by atoms with Gasteiger partial charge in [0.25, 0.3) is 0 Å². The van der Waals surface area contributed by atoms with E-state index in [1.807, 2.05) is 29.3 Å². The standard InChI is InChI=1S/C24H24FN3OS/c25-19-11-9-18(10-12-19)22-15-26-24(28(22)20-6-2-3-7-20)30-16-23(29)27-14-13-17-5-1-4-8-21(17)27/h1,4-5,8-12,15,20H,2-3,6-7,13-14,16H2. The maximum Gasteiger partial charge on any atom is 0.237 e. The topological polar surface area (TPSA) is 38.1 Å². The minimum absolute atomic E-state index is 0.120. The van der Waals surface area contributed by atoms with Gasteiger partial charge in [-0.3, -0.25) is 4.79 Å². The number of hydrogen-bond acceptors (Lipinski definition) is 3. The van der Waals surface area contributed by atoms with Gasteiger partial charge in [-0.25, -0.2) is 9.37 Å². The third-order valence-electron chi connectivity index (χ3n) is 6.11. The van der Waals surface area contributed by atoms with Crippen molar-refractivity contribution >= 4 is 23.4 Å². The molecule has 6 heteroatoms. The molecule has 1 saturated carbocycles. The van der Waals surface area contributed by atoms with Gasteiger partial charge in [-0.15, -0.1) is 0 Å². The van der Waals surface area contributed by atoms with Gasteiger partial charge >= 0.3 is 0 Å². The van der Waals surface area contributed by atoms with Gasteiger partial charge in [0.1, 0.15) is 5.82 Å². The molecule has 4 nitrogen and oxygen atoms in total. The first-order valence-corrected chi connectivity index (χ1v) is 11.5. The van der Waals surface area contributed by atoms with Crippen LogP contribution in [0.4, 0.5) is 10.1 Å². The van der Waals surface area contributed by atoms with E-state index in [0.29, 0.717) is 11.8 Å². The lowest BCUT2D eigenvalue weighted by Gasteiger charge is -2.20. The molecular weight excluding hydrogens is 397 g/mol. The van der Waals surface area contributed by atoms with Crippen LogP contribution in [-0.2, 0) is 11.2 Å². The van der Waals surface area contributed by atoms with Crippen molar-refractivity contribution < 1.29 is 9.18 Å². The normalized spacial score (nSPS) is 16.2. The van der Waals surface area contributed by atoms with Crippen LogP contribution in [0.5, 0.6) is 0 Å². The largest absolute Gasteiger partial charge is 0.316 e. The molecule has 0 spiro atoms. The Hall–Kier alpha value is -2.60. The minimum Gasteiger partial charge on any atom is -0.316 e. The first-order chi connectivity index (χ1) is 14.7. The Kier molecular flexibility index (Phi) is 5.34. The van der Waals surface area contributed by atoms with Crippen LogP contribution in [0.1, 0.15) is 37.3 Å². The summed E-state index contributed by atoms with van der Waals surface area (Å²) in [6.45, 7) is 0.747. The van der Waals surface area contributed by atoms with Gasteiger partial charge in [0.2, 0.25) is 5.91 Å². The number of para-hydroxylation sites is 1. The highest BCUT2D eigenvalue weighted by Gasteiger charge is 2.27. The highest BCUT2D eigenvalue weighted by Crippen LogP contribution is 2.38. The predicted octanol–water partition coefficient (Wildman–Crippen LogP) is 5.49. The van der Waals surface area contributed by atoms with E-state index in [-0.39, 0.29) is 11.7 Å². The molecule has 0 unspecified atom stereocenters. The van der Waals surface area contributed by atoms with E-state index in [4.69, 9.17) is 0 Å². The summed E-state index contributed by atoms with van der Waals surface area (Å²) in [5, 5.41) is 0.877. The third kappa shape index (κ3) is 3.65. The summed E-state index contributed by atoms with van der Waals surface area (Å²) in [5.74, 6) is 0.243. The number of nitrogens with zero attached hydrogens (tertiary/aromatic N) is 3. The van der Waals surface area contributed by atoms with Crippen LogP contribution < -0.4 is 4.90 Å². The first-order valence-electron chi connectivity index (χ1n) is 10.5. The second-order valence-electron chi connectivity index (χ2n) is 7.95. The predicted molar refractivity (Wildman–Crippen MR) is 118 cm³/mol. The Bertz CT molecular complexity index is 1060. The summed E-state index contributed by atoms with van der Waals surface area (Å²) in [6.07, 6.45) is 7.43. The number of halogens is 1. The molecule has 2 aromatic carbocycles. The molecule has 0 N–H and O–H groups in total. The number of rotatable bonds is 5. The van der Waals surface area contributed by atoms with Crippen molar-refractivity contribution in [1.29, 1.82) is 0 Å². The van der Waals surface area contributed by atoms with Crippen molar-refractivity contribution in [2.24, 2.45) is 0 Å². The van der Waals surface area contributed by atoms with Crippen molar-refractivity contribution in [3.05, 3.63) is 66.1 Å². The first kappa shape index (κ1) is 19.4. The number of fused-ring (bicyclic) bond motifs is 1. The number of benzene rings is 2. The van der Waals surface area contributed by atoms with Crippen molar-refractivity contribution in [2.75, 3.05) is 17.2 Å². The van der Waals surface area contributed by atoms with Crippen LogP contribution in [0, 0.1) is 5.82 Å². The summed E-state index contributed by atoms with van der Waals surface area (Å²) in [4.78, 5) is 19.5. The zero-order valence-electron chi connectivity index (χ0n) is 16.8. The molecule has 1 aliphatic heterocycles. The van der Waals surface area contributed by atoms with Gasteiger partial charge in [0.05, 0.1) is 17.6 Å². The highest BCUT2D eigenvalue weighted by atomic mass is 32.2. The average molecular weight is 422 g/mol. The quantitative estimate of drug-likeness (QED) is 0.512. The average Bonchev–Trinajstić information content (AvgIpc) is 3.51. The van der Waals surface area contributed by atoms with E-state index in [9.17, 15) is 9.18 Å². The Balaban J connectivity index is 1.38. The fourth-order valence-electron chi connectivity index (χ4n) is 4.60. The second-order valence-corrected chi connectivity index (χ2v) is 8.90. The summed E-state index contributed by atoms with van der Waals surface area (Å²) >= 11 is 1.51. The summed E-state index contributed by atoms with van der Waals surface area (Å²) < 4.78 is 15.7. The molecule has 0 atom stereocenters. The van der Waals surface area contributed by atoms with Gasteiger partial charge in [-0.05, 0) is 60.7 Å². The molecule has 30 heavy (non-hydrogen) atoms. The molecule has 1 aliphatic carbocycles. The van der Waals surface area contributed by atoms with Crippen LogP contribution in [0.15, 0.2) is 59.9 Å². The van der Waals surface area contributed by atoms with Crippen LogP contribution in [0.2, 0.25) is 0 Å². The second kappa shape index (κ2) is 8.26. The van der Waals surface area contributed by atoms with Crippen molar-refractivity contribution in [1.82, 2.24) is 9.55 Å². The zero-order chi connectivity index (χ0) is 20.5. The van der Waals surface area contributed by atoms with E-state index in [0.717, 1.165) is 47.9 Å². The molecule has 2 heterocycles. The van der Waals surface area contributed by atoms with Crippen LogP contribution in [0.25, 0.3) is 11.3 Å². The van der Waals surface area contributed by atoms with E-state index >= 15 is 0 Å². The Morgan fingerprint density at radius 3 is 2.67 bits per heavy atom. The third-order valence-corrected chi connectivity index (χ3v) is 7.06. The van der Waals surface area contributed by atoms with Gasteiger partial charge < -0.3 is 9.47 Å². The number of anilines is 1. The number of thioether (sulfide) groups is 1. The lowest BCUT2D eigenvalue weighted by atomic mass is 10.1. The maximum absolute atomic E-state index is 13.4. The van der Waals surface area contributed by atoms with Gasteiger partial charge in [0, 0.05) is 18.3 Å². The van der Waals surface area contributed by atoms with Crippen LogP contribution in [0.3, 0.4) is 0 Å². The monoisotopic (exact) mass is 421 g/mol. The number of hydrogen-bond donors (Lipinski definition) is 0. The number of carbonyl (C=O) groups excluding carboxylic acids is 1. The number of amides is 1. The fraction of sp³-hybridized carbons (Fsp3) is 0.333. The Labute approximate surface area is 180 Å². The van der Waals surface area contributed by atoms with E-state index in [2.05, 4.69) is 15.6 Å². The molecule has 5 rings (SSSR count). The molecule has 2 aliphatic rings. The number of carbonyl (C=O) groups is 1. The van der Waals surface area contributed by atoms with Gasteiger partial charge in [-0.2, -0.15) is 0 Å². The minimum atomic E-state index is -0.239. The van der Waals surface area contributed by atoms with E-state index < -0.39 is 0 Å². The van der Waals surface area contributed by atoms with Crippen molar-refractivity contribution in [2.45, 2.75) is 43.3 Å². The fourth-order valence-corrected chi connectivity index (χ4v) is 5.52. The molecular formula is C24H24FN3OS. The molecule has 1 aromatic heterocycles. The van der Waals surface area contributed by atoms with Crippen molar-refractivity contribution in [3.8, 4) is 11.3 Å². The van der Waals surface area contributed by atoms with Gasteiger partial charge in [-0.1, -0.05) is 42.8 Å². The Morgan fingerprint density at radius 2 is 1.87 bits per heavy atom. The number of aromatic nitrogens is 2. The number of imidazole rings is 1. The molecule has 1 fully saturated rings. The lowest BCUT2D eigenvalue weighted by molar-refractivity contribution is -0.116. The molecule has 1 amide bonds. The highest BCUT2D eigenvalue weighted by molar-refractivity contribution is 7.99. The van der Waals surface area contributed by atoms with E-state index in [1.54, 1.807) is 12.1 Å². The summed E-state index contributed by atoms with van der Waals surface area (Å²) in [6, 6.07) is 15.1. The van der Waals surface area contributed by atoms with Crippen LogP contribution >= 0.6 is 11.8 Å². The molecule has 0 radical (unpaired) electrons. The SMILES string of the molecule is O=C(CSc1ncc(-c2ccc(F)cc2)n1C1CCCC1)N1CCc2ccccc21. The van der Waals surface area contributed by atoms with Crippen molar-refractivity contribution in [3.63, 3.8) is 0 Å². The summed E-state index contributed by atoms with van der Waals surface area (Å²) in [5.41, 5.74) is 4.24. The zero-order valence-corrected chi connectivity index (χ0v) is 17.6. The Morgan fingerprint density at radius 1 is 1.10 bits per heavy atom. The maximum atomic E-state index is 13.4. The molecule has 0 bridgehead atoms. The van der Waals surface area contributed by atoms with Gasteiger partial charge in [0.15, 0.2) is 5.16 Å². The lowest BCUT2D eigenvalue weighted by Crippen LogP contribution is -2.30. The molecule has 3 aromatic rings. The smallest absolute Gasteiger partial charge is 0.237 e. The van der Waals surface area contributed by atoms with Crippen LogP contribution in [-0.4, -0.2) is 27.8 Å². The van der Waals surface area contributed by atoms with E-state index in [1.165, 1.54) is 42.3 Å². The molecule has 154 valence electrons.